The summed E-state index contributed by atoms with van der Waals surface area (Å²) in [7, 11) is 0. The molecule has 5 heteroatoms. The average molecular weight is 267 g/mol. The lowest BCUT2D eigenvalue weighted by Gasteiger charge is -2.07. The van der Waals surface area contributed by atoms with Crippen molar-refractivity contribution >= 4 is 26.7 Å². The van der Waals surface area contributed by atoms with Crippen molar-refractivity contribution in [1.82, 2.24) is 4.98 Å². The molecule has 0 amide bonds. The van der Waals surface area contributed by atoms with Crippen LogP contribution in [0.5, 0.6) is 11.5 Å². The molecule has 2 aromatic carbocycles. The zero-order valence-corrected chi connectivity index (χ0v) is 10.6. The number of fused-ring (bicyclic) bond motifs is 1. The van der Waals surface area contributed by atoms with E-state index in [1.165, 1.54) is 11.3 Å². The van der Waals surface area contributed by atoms with E-state index in [-0.39, 0.29) is 0 Å². The Balaban J connectivity index is 2.11. The summed E-state index contributed by atoms with van der Waals surface area (Å²) in [6.45, 7) is 0. The van der Waals surface area contributed by atoms with Crippen molar-refractivity contribution in [2.75, 3.05) is 5.73 Å². The van der Waals surface area contributed by atoms with Crippen molar-refractivity contribution in [3.05, 3.63) is 48.0 Å². The maximum atomic E-state index is 9.31. The fourth-order valence-corrected chi connectivity index (χ4v) is 2.62. The number of hydrogen-bond donors (Lipinski definition) is 1. The number of thiazole rings is 1. The molecule has 0 fully saturated rings. The molecule has 92 valence electrons. The third-order valence-electron chi connectivity index (χ3n) is 2.62. The Morgan fingerprint density at radius 2 is 1.95 bits per heavy atom. The molecule has 4 nitrogen and oxygen atoms in total. The smallest absolute Gasteiger partial charge is 0.181 e. The van der Waals surface area contributed by atoms with Crippen molar-refractivity contribution in [3.63, 3.8) is 0 Å². The summed E-state index contributed by atoms with van der Waals surface area (Å²) in [5.74, 6) is 1.21. The van der Waals surface area contributed by atoms with Gasteiger partial charge in [0.05, 0.1) is 10.2 Å². The molecule has 19 heavy (non-hydrogen) atoms. The van der Waals surface area contributed by atoms with E-state index in [0.29, 0.717) is 22.2 Å². The molecular formula is C14H9N3OS. The first-order valence-corrected chi connectivity index (χ1v) is 6.41. The molecule has 0 aliphatic rings. The zero-order valence-electron chi connectivity index (χ0n) is 9.83. The second-order valence-corrected chi connectivity index (χ2v) is 4.90. The van der Waals surface area contributed by atoms with E-state index in [2.05, 4.69) is 11.1 Å². The van der Waals surface area contributed by atoms with Gasteiger partial charge in [-0.15, -0.1) is 0 Å². The van der Waals surface area contributed by atoms with Crippen molar-refractivity contribution < 1.29 is 4.74 Å². The van der Waals surface area contributed by atoms with Crippen molar-refractivity contribution in [3.8, 4) is 17.6 Å². The van der Waals surface area contributed by atoms with Gasteiger partial charge in [-0.3, -0.25) is 0 Å². The second-order valence-electron chi connectivity index (χ2n) is 3.87. The van der Waals surface area contributed by atoms with Crippen LogP contribution in [0.15, 0.2) is 42.5 Å². The average Bonchev–Trinajstić information content (AvgIpc) is 2.80. The van der Waals surface area contributed by atoms with Crippen LogP contribution in [0.4, 0.5) is 5.13 Å². The Hall–Kier alpha value is -2.58. The van der Waals surface area contributed by atoms with Gasteiger partial charge in [0.15, 0.2) is 5.13 Å². The number of nitrogens with zero attached hydrogens (tertiary/aromatic N) is 2. The lowest BCUT2D eigenvalue weighted by molar-refractivity contribution is 0.482. The first-order chi connectivity index (χ1) is 9.28. The minimum atomic E-state index is 0.448. The molecule has 0 spiro atoms. The molecular weight excluding hydrogens is 258 g/mol. The summed E-state index contributed by atoms with van der Waals surface area (Å²) >= 11 is 1.29. The number of ether oxygens (including phenoxy) is 1. The molecule has 0 bridgehead atoms. The van der Waals surface area contributed by atoms with Crippen molar-refractivity contribution in [2.24, 2.45) is 0 Å². The number of anilines is 1. The molecule has 0 saturated carbocycles. The highest BCUT2D eigenvalue weighted by molar-refractivity contribution is 7.22. The van der Waals surface area contributed by atoms with E-state index < -0.39 is 0 Å². The van der Waals surface area contributed by atoms with Gasteiger partial charge in [0.2, 0.25) is 0 Å². The standard InChI is InChI=1S/C14H9N3OS/c15-8-10-12(18-9-4-2-1-3-5-9)7-6-11-13(10)19-14(16)17-11/h1-7H,(H2,16,17). The van der Waals surface area contributed by atoms with Crippen LogP contribution in [0.3, 0.4) is 0 Å². The normalized spacial score (nSPS) is 10.3. The second kappa shape index (κ2) is 4.59. The van der Waals surface area contributed by atoms with Gasteiger partial charge >= 0.3 is 0 Å². The van der Waals surface area contributed by atoms with E-state index in [4.69, 9.17) is 10.5 Å². The Labute approximate surface area is 113 Å². The summed E-state index contributed by atoms with van der Waals surface area (Å²) in [6, 6.07) is 15.1. The Morgan fingerprint density at radius 1 is 1.16 bits per heavy atom. The highest BCUT2D eigenvalue weighted by Crippen LogP contribution is 2.34. The first-order valence-electron chi connectivity index (χ1n) is 5.60. The predicted octanol–water partition coefficient (Wildman–Crippen LogP) is 3.54. The van der Waals surface area contributed by atoms with E-state index in [1.807, 2.05) is 30.3 Å². The van der Waals surface area contributed by atoms with Gasteiger partial charge in [-0.1, -0.05) is 29.5 Å². The van der Waals surface area contributed by atoms with Crippen LogP contribution in [0.2, 0.25) is 0 Å². The number of benzene rings is 2. The van der Waals surface area contributed by atoms with Crippen LogP contribution in [0, 0.1) is 11.3 Å². The SMILES string of the molecule is N#Cc1c(Oc2ccccc2)ccc2nc(N)sc12. The maximum Gasteiger partial charge on any atom is 0.181 e. The molecule has 0 aliphatic carbocycles. The number of rotatable bonds is 2. The van der Waals surface area contributed by atoms with Crippen LogP contribution in [-0.4, -0.2) is 4.98 Å². The number of nitrogens with two attached hydrogens (primary N) is 1. The lowest BCUT2D eigenvalue weighted by Crippen LogP contribution is -1.88. The van der Waals surface area contributed by atoms with Crippen molar-refractivity contribution in [1.29, 1.82) is 5.26 Å². The van der Waals surface area contributed by atoms with E-state index in [0.717, 1.165) is 10.2 Å². The van der Waals surface area contributed by atoms with Crippen LogP contribution < -0.4 is 10.5 Å². The lowest BCUT2D eigenvalue weighted by atomic mass is 10.2. The maximum absolute atomic E-state index is 9.31. The highest BCUT2D eigenvalue weighted by atomic mass is 32.1. The van der Waals surface area contributed by atoms with Gasteiger partial charge in [0, 0.05) is 0 Å². The van der Waals surface area contributed by atoms with Crippen LogP contribution in [-0.2, 0) is 0 Å². The Bertz CT molecular complexity index is 774. The summed E-state index contributed by atoms with van der Waals surface area (Å²) in [6.07, 6.45) is 0. The molecule has 1 heterocycles. The molecule has 0 atom stereocenters. The molecule has 1 aromatic heterocycles. The fourth-order valence-electron chi connectivity index (χ4n) is 1.80. The summed E-state index contributed by atoms with van der Waals surface area (Å²) < 4.78 is 6.49. The minimum absolute atomic E-state index is 0.448. The van der Waals surface area contributed by atoms with E-state index >= 15 is 0 Å². The molecule has 0 saturated heterocycles. The van der Waals surface area contributed by atoms with Gasteiger partial charge in [-0.25, -0.2) is 4.98 Å². The monoisotopic (exact) mass is 267 g/mol. The number of nitriles is 1. The third-order valence-corrected chi connectivity index (χ3v) is 3.54. The molecule has 3 rings (SSSR count). The molecule has 0 unspecified atom stereocenters. The topological polar surface area (TPSA) is 71.9 Å². The minimum Gasteiger partial charge on any atom is -0.456 e. The summed E-state index contributed by atoms with van der Waals surface area (Å²) in [5.41, 5.74) is 6.86. The van der Waals surface area contributed by atoms with Gasteiger partial charge in [0.25, 0.3) is 0 Å². The van der Waals surface area contributed by atoms with Crippen LogP contribution in [0.25, 0.3) is 10.2 Å². The fraction of sp³-hybridized carbons (Fsp3) is 0. The van der Waals surface area contributed by atoms with Gasteiger partial charge in [-0.2, -0.15) is 5.26 Å². The Morgan fingerprint density at radius 3 is 2.68 bits per heavy atom. The van der Waals surface area contributed by atoms with E-state index in [1.54, 1.807) is 12.1 Å². The number of hydrogen-bond acceptors (Lipinski definition) is 5. The summed E-state index contributed by atoms with van der Waals surface area (Å²) in [5, 5.41) is 9.76. The number of para-hydroxylation sites is 1. The van der Waals surface area contributed by atoms with Crippen molar-refractivity contribution in [2.45, 2.75) is 0 Å². The quantitative estimate of drug-likeness (QED) is 0.770. The number of nitrogen functional groups attached to an aromatic ring is 1. The molecule has 0 radical (unpaired) electrons. The highest BCUT2D eigenvalue weighted by Gasteiger charge is 2.13. The molecule has 2 N–H and O–H groups in total. The zero-order chi connectivity index (χ0) is 13.2. The largest absolute Gasteiger partial charge is 0.456 e. The van der Waals surface area contributed by atoms with Crippen LogP contribution in [0.1, 0.15) is 5.56 Å². The van der Waals surface area contributed by atoms with Gasteiger partial charge in [0.1, 0.15) is 23.1 Å². The Kier molecular flexibility index (Phi) is 2.78. The first kappa shape index (κ1) is 11.5. The number of aromatic nitrogens is 1. The van der Waals surface area contributed by atoms with Crippen LogP contribution >= 0.6 is 11.3 Å². The summed E-state index contributed by atoms with van der Waals surface area (Å²) in [4.78, 5) is 4.16. The predicted molar refractivity (Wildman–Crippen MR) is 75.3 cm³/mol. The third kappa shape index (κ3) is 2.09. The molecule has 0 aliphatic heterocycles. The van der Waals surface area contributed by atoms with E-state index in [9.17, 15) is 5.26 Å². The van der Waals surface area contributed by atoms with Gasteiger partial charge in [-0.05, 0) is 24.3 Å². The molecule has 3 aromatic rings. The van der Waals surface area contributed by atoms with Gasteiger partial charge < -0.3 is 10.5 Å².